The molecule has 2 aromatic carbocycles. The molecule has 98 valence electrons. The third-order valence-corrected chi connectivity index (χ3v) is 2.53. The first kappa shape index (κ1) is 9.44. The predicted molar refractivity (Wildman–Crippen MR) is 70.2 cm³/mol. The van der Waals surface area contributed by atoms with Gasteiger partial charge in [-0.15, -0.1) is 0 Å². The number of hydrogen-bond donors (Lipinski definition) is 1. The van der Waals surface area contributed by atoms with Gasteiger partial charge in [-0.2, -0.15) is 0 Å². The van der Waals surface area contributed by atoms with Crippen molar-refractivity contribution in [2.24, 2.45) is 0 Å². The molecule has 4 heteroatoms. The zero-order valence-corrected chi connectivity index (χ0v) is 10.00. The maximum Gasteiger partial charge on any atom is 0.346 e. The highest BCUT2D eigenvalue weighted by Crippen LogP contribution is 2.28. The van der Waals surface area contributed by atoms with Crippen molar-refractivity contribution in [1.29, 1.82) is 0 Å². The molecule has 1 N–H and O–H groups in total. The first-order chi connectivity index (χ1) is 10.4. The molecular formula is C15H14O4. The van der Waals surface area contributed by atoms with E-state index in [1.807, 2.05) is 6.07 Å². The van der Waals surface area contributed by atoms with Crippen molar-refractivity contribution < 1.29 is 23.5 Å². The zero-order valence-electron chi connectivity index (χ0n) is 13.0. The number of methoxy groups -OCH3 is 1. The monoisotopic (exact) mass is 261 g/mol. The highest BCUT2D eigenvalue weighted by Gasteiger charge is 2.18. The zero-order chi connectivity index (χ0) is 16.2. The fourth-order valence-electron chi connectivity index (χ4n) is 1.61. The van der Waals surface area contributed by atoms with E-state index in [0.717, 1.165) is 5.56 Å². The van der Waals surface area contributed by atoms with Crippen LogP contribution < -0.4 is 4.74 Å². The van der Waals surface area contributed by atoms with Crippen molar-refractivity contribution in [2.45, 2.75) is 6.61 Å². The lowest BCUT2D eigenvalue weighted by Gasteiger charge is -2.10. The number of phenols is 1. The highest BCUT2D eigenvalue weighted by molar-refractivity contribution is 5.95. The summed E-state index contributed by atoms with van der Waals surface area (Å²) < 4.78 is 31.1. The Hall–Kier alpha value is -2.49. The van der Waals surface area contributed by atoms with Gasteiger partial charge in [0.2, 0.25) is 0 Å². The number of hydrogen-bond acceptors (Lipinski definition) is 4. The van der Waals surface area contributed by atoms with Crippen molar-refractivity contribution in [1.82, 2.24) is 0 Å². The summed E-state index contributed by atoms with van der Waals surface area (Å²) in [6.45, 7) is 0.00121. The van der Waals surface area contributed by atoms with Crippen LogP contribution >= 0.6 is 0 Å². The summed E-state index contributed by atoms with van der Waals surface area (Å²) in [4.78, 5) is 12.1. The normalized spacial score (nSPS) is 12.9. The lowest BCUT2D eigenvalue weighted by molar-refractivity contribution is 0.0465. The third-order valence-electron chi connectivity index (χ3n) is 2.53. The maximum absolute atomic E-state index is 12.1. The molecule has 19 heavy (non-hydrogen) atoms. The first-order valence-corrected chi connectivity index (χ1v) is 5.59. The molecule has 0 saturated carbocycles. The second-order valence-corrected chi connectivity index (χ2v) is 3.81. The Balaban J connectivity index is 2.18. The molecule has 0 fully saturated rings. The van der Waals surface area contributed by atoms with Crippen LogP contribution in [0.2, 0.25) is 0 Å². The van der Waals surface area contributed by atoms with E-state index < -0.39 is 18.8 Å². The Morgan fingerprint density at radius 2 is 2.00 bits per heavy atom. The summed E-state index contributed by atoms with van der Waals surface area (Å²) in [5.41, 5.74) is 0.458. The van der Waals surface area contributed by atoms with E-state index in [-0.39, 0.29) is 17.9 Å². The van der Waals surface area contributed by atoms with Crippen LogP contribution in [0.25, 0.3) is 0 Å². The van der Waals surface area contributed by atoms with E-state index >= 15 is 0 Å². The molecule has 0 radical (unpaired) electrons. The van der Waals surface area contributed by atoms with Gasteiger partial charge in [0.05, 0.1) is 11.2 Å². The third kappa shape index (κ3) is 3.04. The van der Waals surface area contributed by atoms with E-state index in [9.17, 15) is 9.90 Å². The van der Waals surface area contributed by atoms with Gasteiger partial charge in [-0.1, -0.05) is 36.4 Å². The molecule has 0 aliphatic heterocycles. The number of phenolic OH excluding ortho intramolecular Hbond substituents is 1. The van der Waals surface area contributed by atoms with Crippen LogP contribution in [0.15, 0.2) is 48.5 Å². The first-order valence-electron chi connectivity index (χ1n) is 7.09. The molecule has 2 rings (SSSR count). The van der Waals surface area contributed by atoms with Gasteiger partial charge in [-0.25, -0.2) is 4.79 Å². The van der Waals surface area contributed by atoms with E-state index in [4.69, 9.17) is 13.6 Å². The number of benzene rings is 2. The van der Waals surface area contributed by atoms with Gasteiger partial charge in [0.15, 0.2) is 0 Å². The predicted octanol–water partition coefficient (Wildman–Crippen LogP) is 2.76. The summed E-state index contributed by atoms with van der Waals surface area (Å²) in [6.07, 6.45) is 0. The number of carbonyl (C=O) groups is 1. The minimum atomic E-state index is -2.73. The molecular weight excluding hydrogens is 244 g/mol. The van der Waals surface area contributed by atoms with Crippen molar-refractivity contribution in [3.63, 3.8) is 0 Å². The standard InChI is InChI=1S/C15H14O4/c1-18-13-9-5-8-12(16)14(13)15(17)19-10-11-6-3-2-4-7-11/h2-9,16H,10H2,1H3/i1D3. The van der Waals surface area contributed by atoms with Gasteiger partial charge in [-0.3, -0.25) is 0 Å². The number of esters is 1. The Morgan fingerprint density at radius 1 is 1.21 bits per heavy atom. The Morgan fingerprint density at radius 3 is 2.74 bits per heavy atom. The highest BCUT2D eigenvalue weighted by atomic mass is 16.5. The second kappa shape index (κ2) is 5.91. The molecule has 0 aromatic heterocycles. The average Bonchev–Trinajstić information content (AvgIpc) is 2.44. The van der Waals surface area contributed by atoms with Crippen LogP contribution in [0, 0.1) is 0 Å². The average molecular weight is 261 g/mol. The molecule has 0 spiro atoms. The Labute approximate surface area is 115 Å². The SMILES string of the molecule is [2H]C([2H])([2H])Oc1cccc(O)c1C(=O)OCc1ccccc1. The number of ether oxygens (including phenoxy) is 2. The van der Waals surface area contributed by atoms with Crippen LogP contribution in [0.5, 0.6) is 11.5 Å². The molecule has 0 bridgehead atoms. The van der Waals surface area contributed by atoms with Gasteiger partial charge >= 0.3 is 5.97 Å². The molecule has 0 saturated heterocycles. The van der Waals surface area contributed by atoms with Crippen molar-refractivity contribution in [3.05, 3.63) is 59.7 Å². The van der Waals surface area contributed by atoms with Crippen LogP contribution in [0.1, 0.15) is 20.0 Å². The van der Waals surface area contributed by atoms with Gasteiger partial charge in [0.1, 0.15) is 23.7 Å². The fraction of sp³-hybridized carbons (Fsp3) is 0.133. The van der Waals surface area contributed by atoms with Gasteiger partial charge < -0.3 is 14.6 Å². The summed E-state index contributed by atoms with van der Waals surface area (Å²) in [6, 6.07) is 12.9. The molecule has 0 amide bonds. The van der Waals surface area contributed by atoms with Crippen LogP contribution in [-0.2, 0) is 11.3 Å². The topological polar surface area (TPSA) is 55.8 Å². The van der Waals surface area contributed by atoms with Gasteiger partial charge in [0, 0.05) is 0 Å². The van der Waals surface area contributed by atoms with Crippen LogP contribution in [-0.4, -0.2) is 18.1 Å². The number of rotatable bonds is 4. The Bertz CT molecular complexity index is 654. The summed E-state index contributed by atoms with van der Waals surface area (Å²) in [7, 11) is -2.73. The minimum Gasteiger partial charge on any atom is -0.507 e. The Kier molecular flexibility index (Phi) is 2.94. The van der Waals surface area contributed by atoms with E-state index in [0.29, 0.717) is 0 Å². The second-order valence-electron chi connectivity index (χ2n) is 3.81. The largest absolute Gasteiger partial charge is 0.507 e. The quantitative estimate of drug-likeness (QED) is 0.860. The van der Waals surface area contributed by atoms with Crippen molar-refractivity contribution >= 4 is 5.97 Å². The van der Waals surface area contributed by atoms with E-state index in [1.54, 1.807) is 24.3 Å². The minimum absolute atomic E-state index is 0.00121. The summed E-state index contributed by atoms with van der Waals surface area (Å²) >= 11 is 0. The van der Waals surface area contributed by atoms with Crippen molar-refractivity contribution in [3.8, 4) is 11.5 Å². The molecule has 2 aromatic rings. The molecule has 0 heterocycles. The molecule has 0 unspecified atom stereocenters. The smallest absolute Gasteiger partial charge is 0.346 e. The van der Waals surface area contributed by atoms with E-state index in [1.165, 1.54) is 18.2 Å². The maximum atomic E-state index is 12.1. The van der Waals surface area contributed by atoms with E-state index in [2.05, 4.69) is 0 Å². The lowest BCUT2D eigenvalue weighted by atomic mass is 10.2. The molecule has 4 nitrogen and oxygen atoms in total. The van der Waals surface area contributed by atoms with Crippen LogP contribution in [0.3, 0.4) is 0 Å². The van der Waals surface area contributed by atoms with Gasteiger partial charge in [-0.05, 0) is 17.7 Å². The molecule has 0 aliphatic rings. The summed E-state index contributed by atoms with van der Waals surface area (Å²) in [5.74, 6) is -1.51. The molecule has 0 atom stereocenters. The molecule has 0 aliphatic carbocycles. The van der Waals surface area contributed by atoms with Gasteiger partial charge in [0.25, 0.3) is 0 Å². The number of carbonyl (C=O) groups excluding carboxylic acids is 1. The lowest BCUT2D eigenvalue weighted by Crippen LogP contribution is -2.07. The summed E-state index contributed by atoms with van der Waals surface area (Å²) in [5, 5.41) is 9.79. The van der Waals surface area contributed by atoms with Crippen LogP contribution in [0.4, 0.5) is 0 Å². The number of aromatic hydroxyl groups is 1. The fourth-order valence-corrected chi connectivity index (χ4v) is 1.61. The van der Waals surface area contributed by atoms with Crippen molar-refractivity contribution in [2.75, 3.05) is 7.04 Å².